The number of nitrogens with two attached hydrogens (primary N) is 1. The zero-order chi connectivity index (χ0) is 16.6. The van der Waals surface area contributed by atoms with Crippen LogP contribution in [0.5, 0.6) is 0 Å². The Morgan fingerprint density at radius 2 is 1.65 bits per heavy atom. The molecule has 1 aliphatic carbocycles. The van der Waals surface area contributed by atoms with Crippen LogP contribution in [0.2, 0.25) is 0 Å². The fraction of sp³-hybridized carbons (Fsp3) is 0.778. The Kier molecular flexibility index (Phi) is 22.9. The monoisotopic (exact) mass is 301 g/mol. The lowest BCUT2D eigenvalue weighted by Gasteiger charge is -2.22. The molecule has 0 aromatic rings. The summed E-state index contributed by atoms with van der Waals surface area (Å²) in [5, 5.41) is 0.721. The third-order valence-corrected chi connectivity index (χ3v) is 3.80. The number of rotatable bonds is 3. The maximum absolute atomic E-state index is 5.57. The number of allylic oxidation sites excluding steroid dienone is 2. The number of thioether (sulfide) groups is 1. The minimum Gasteiger partial charge on any atom is -0.394 e. The molecule has 0 aromatic carbocycles. The molecular weight excluding hydrogens is 262 g/mol. The van der Waals surface area contributed by atoms with Crippen molar-refractivity contribution in [1.82, 2.24) is 0 Å². The van der Waals surface area contributed by atoms with Gasteiger partial charge in [-0.05, 0) is 37.0 Å². The molecule has 1 aliphatic rings. The summed E-state index contributed by atoms with van der Waals surface area (Å²) >= 11 is 1.65. The predicted molar refractivity (Wildman–Crippen MR) is 99.9 cm³/mol. The molecule has 0 spiro atoms. The van der Waals surface area contributed by atoms with Crippen molar-refractivity contribution in [1.29, 1.82) is 0 Å². The lowest BCUT2D eigenvalue weighted by atomic mass is 9.92. The van der Waals surface area contributed by atoms with Gasteiger partial charge >= 0.3 is 0 Å². The highest BCUT2D eigenvalue weighted by atomic mass is 32.2. The number of unbranched alkanes of at least 4 members (excludes halogenated alkanes) is 1. The van der Waals surface area contributed by atoms with Crippen LogP contribution in [0.15, 0.2) is 22.1 Å². The van der Waals surface area contributed by atoms with E-state index in [1.54, 1.807) is 11.8 Å². The Morgan fingerprint density at radius 1 is 1.20 bits per heavy atom. The second-order valence-electron chi connectivity index (χ2n) is 4.62. The summed E-state index contributed by atoms with van der Waals surface area (Å²) in [7, 11) is 0. The van der Waals surface area contributed by atoms with Crippen molar-refractivity contribution in [3.63, 3.8) is 0 Å². The lowest BCUT2D eigenvalue weighted by Crippen LogP contribution is -2.05. The summed E-state index contributed by atoms with van der Waals surface area (Å²) in [4.78, 5) is 1.45. The molecule has 0 amide bonds. The van der Waals surface area contributed by atoms with Gasteiger partial charge in [0.1, 0.15) is 0 Å². The van der Waals surface area contributed by atoms with Crippen molar-refractivity contribution < 1.29 is 0 Å². The van der Waals surface area contributed by atoms with Gasteiger partial charge in [-0.3, -0.25) is 0 Å². The first kappa shape index (κ1) is 24.6. The van der Waals surface area contributed by atoms with E-state index in [1.165, 1.54) is 42.6 Å². The van der Waals surface area contributed by atoms with E-state index in [1.807, 2.05) is 27.7 Å². The van der Waals surface area contributed by atoms with Crippen LogP contribution < -0.4 is 5.73 Å². The Morgan fingerprint density at radius 3 is 2.00 bits per heavy atom. The van der Waals surface area contributed by atoms with Crippen LogP contribution in [0.25, 0.3) is 0 Å². The van der Waals surface area contributed by atoms with Gasteiger partial charge in [0.25, 0.3) is 0 Å². The van der Waals surface area contributed by atoms with E-state index in [2.05, 4.69) is 34.3 Å². The van der Waals surface area contributed by atoms with Crippen LogP contribution >= 0.6 is 11.8 Å². The fourth-order valence-electron chi connectivity index (χ4n) is 1.48. The maximum atomic E-state index is 5.57. The van der Waals surface area contributed by atoms with Crippen molar-refractivity contribution in [2.24, 2.45) is 11.7 Å². The Balaban J connectivity index is -0.000000306. The van der Waals surface area contributed by atoms with Crippen LogP contribution in [0.4, 0.5) is 0 Å². The van der Waals surface area contributed by atoms with Gasteiger partial charge < -0.3 is 5.73 Å². The quantitative estimate of drug-likeness (QED) is 0.601. The molecule has 0 heterocycles. The molecule has 0 fully saturated rings. The smallest absolute Gasteiger partial charge is 0.0627 e. The van der Waals surface area contributed by atoms with Crippen molar-refractivity contribution in [2.75, 3.05) is 0 Å². The fourth-order valence-corrected chi connectivity index (χ4v) is 2.44. The van der Waals surface area contributed by atoms with E-state index in [9.17, 15) is 0 Å². The first-order valence-electron chi connectivity index (χ1n) is 8.32. The van der Waals surface area contributed by atoms with Gasteiger partial charge in [-0.1, -0.05) is 85.2 Å². The van der Waals surface area contributed by atoms with E-state index < -0.39 is 0 Å². The lowest BCUT2D eigenvalue weighted by molar-refractivity contribution is 0.509. The first-order valence-corrected chi connectivity index (χ1v) is 9.13. The van der Waals surface area contributed by atoms with Crippen molar-refractivity contribution in [3.05, 3.63) is 22.1 Å². The Labute approximate surface area is 133 Å². The van der Waals surface area contributed by atoms with Gasteiger partial charge in [0, 0.05) is 0 Å². The molecule has 0 radical (unpaired) electrons. The predicted octanol–water partition coefficient (Wildman–Crippen LogP) is 7.10. The molecule has 1 nitrogen and oxygen atoms in total. The van der Waals surface area contributed by atoms with E-state index in [4.69, 9.17) is 5.73 Å². The highest BCUT2D eigenvalue weighted by Gasteiger charge is 2.15. The average Bonchev–Trinajstić information content (AvgIpc) is 2.47. The Bertz CT molecular complexity index is 242. The van der Waals surface area contributed by atoms with Gasteiger partial charge in [0.05, 0.1) is 5.03 Å². The van der Waals surface area contributed by atoms with E-state index in [-0.39, 0.29) is 0 Å². The minimum atomic E-state index is 0.721. The molecule has 0 saturated heterocycles. The van der Waals surface area contributed by atoms with Gasteiger partial charge in [-0.25, -0.2) is 0 Å². The first-order chi connectivity index (χ1) is 9.51. The average molecular weight is 302 g/mol. The van der Waals surface area contributed by atoms with E-state index in [0.29, 0.717) is 0 Å². The molecule has 122 valence electrons. The molecule has 2 heteroatoms. The molecule has 1 atom stereocenters. The number of hydrogen-bond donors (Lipinski definition) is 1. The largest absolute Gasteiger partial charge is 0.394 e. The normalized spacial score (nSPS) is 16.7. The zero-order valence-electron chi connectivity index (χ0n) is 15.3. The van der Waals surface area contributed by atoms with Gasteiger partial charge in [-0.15, -0.1) is 0 Å². The number of hydrogen-bond acceptors (Lipinski definition) is 2. The summed E-state index contributed by atoms with van der Waals surface area (Å²) in [6.45, 7) is 20.6. The van der Waals surface area contributed by atoms with E-state index in [0.717, 1.165) is 10.9 Å². The molecule has 2 N–H and O–H groups in total. The van der Waals surface area contributed by atoms with Gasteiger partial charge in [0.2, 0.25) is 0 Å². The third-order valence-electron chi connectivity index (χ3n) is 2.78. The van der Waals surface area contributed by atoms with Gasteiger partial charge in [-0.2, -0.15) is 0 Å². The highest BCUT2D eigenvalue weighted by Crippen LogP contribution is 2.37. The molecule has 20 heavy (non-hydrogen) atoms. The topological polar surface area (TPSA) is 26.0 Å². The molecule has 0 aliphatic heterocycles. The molecule has 1 unspecified atom stereocenters. The second kappa shape index (κ2) is 18.6. The van der Waals surface area contributed by atoms with Crippen molar-refractivity contribution in [3.8, 4) is 0 Å². The SMILES string of the molecule is C=C(N)SC1=C(C)CCC(C)C1.CC.CC.CCCC. The minimum absolute atomic E-state index is 0.721. The molecule has 1 rings (SSSR count). The molecule has 0 aromatic heterocycles. The summed E-state index contributed by atoms with van der Waals surface area (Å²) in [5.41, 5.74) is 7.07. The summed E-state index contributed by atoms with van der Waals surface area (Å²) in [5.74, 6) is 0.815. The van der Waals surface area contributed by atoms with Crippen LogP contribution in [-0.4, -0.2) is 0 Å². The maximum Gasteiger partial charge on any atom is 0.0627 e. The summed E-state index contributed by atoms with van der Waals surface area (Å²) in [6.07, 6.45) is 6.39. The highest BCUT2D eigenvalue weighted by molar-refractivity contribution is 8.06. The Hall–Kier alpha value is -0.370. The van der Waals surface area contributed by atoms with Crippen LogP contribution in [0.3, 0.4) is 0 Å². The van der Waals surface area contributed by atoms with Crippen molar-refractivity contribution >= 4 is 11.8 Å². The van der Waals surface area contributed by atoms with Crippen molar-refractivity contribution in [2.45, 2.75) is 87.5 Å². The standard InChI is InChI=1S/C10H17NS.C4H10.2C2H6/c1-7-4-5-8(2)10(6-7)12-9(3)11;1-3-4-2;2*1-2/h7H,3-6,11H2,1-2H3;3-4H2,1-2H3;2*1-2H3. The van der Waals surface area contributed by atoms with E-state index >= 15 is 0 Å². The molecule has 0 bridgehead atoms. The second-order valence-corrected chi connectivity index (χ2v) is 5.84. The molecular formula is C18H39NS. The zero-order valence-corrected chi connectivity index (χ0v) is 16.1. The summed E-state index contributed by atoms with van der Waals surface area (Å²) < 4.78 is 0. The summed E-state index contributed by atoms with van der Waals surface area (Å²) in [6, 6.07) is 0. The third kappa shape index (κ3) is 15.7. The van der Waals surface area contributed by atoms with Crippen LogP contribution in [-0.2, 0) is 0 Å². The van der Waals surface area contributed by atoms with Gasteiger partial charge in [0.15, 0.2) is 0 Å². The van der Waals surface area contributed by atoms with Crippen LogP contribution in [0.1, 0.15) is 87.5 Å². The van der Waals surface area contributed by atoms with Crippen LogP contribution in [0, 0.1) is 5.92 Å². The molecule has 0 saturated carbocycles.